The number of aryl methyl sites for hydroxylation is 1. The predicted molar refractivity (Wildman–Crippen MR) is 100 cm³/mol. The zero-order valence-electron chi connectivity index (χ0n) is 14.8. The summed E-state index contributed by atoms with van der Waals surface area (Å²) in [4.78, 5) is 14.5. The zero-order valence-corrected chi connectivity index (χ0v) is 14.8. The van der Waals surface area contributed by atoms with Crippen LogP contribution >= 0.6 is 0 Å². The minimum absolute atomic E-state index is 0.275. The summed E-state index contributed by atoms with van der Waals surface area (Å²) in [5.41, 5.74) is 2.43. The lowest BCUT2D eigenvalue weighted by Crippen LogP contribution is -2.41. The molecule has 1 heterocycles. The van der Waals surface area contributed by atoms with Crippen LogP contribution in [0.2, 0.25) is 0 Å². The second-order valence-corrected chi connectivity index (χ2v) is 6.83. The van der Waals surface area contributed by atoms with Crippen LogP contribution in [0.5, 0.6) is 0 Å². The largest absolute Gasteiger partial charge is 0.376 e. The number of likely N-dealkylation sites (tertiary alicyclic amines) is 1. The number of nitrogens with zero attached hydrogens (tertiary/aromatic N) is 1. The summed E-state index contributed by atoms with van der Waals surface area (Å²) >= 11 is 0. The smallest absolute Gasteiger partial charge is 0.222 e. The minimum Gasteiger partial charge on any atom is -0.376 e. The Kier molecular flexibility index (Phi) is 6.63. The summed E-state index contributed by atoms with van der Waals surface area (Å²) in [5.74, 6) is 0.731. The van der Waals surface area contributed by atoms with Gasteiger partial charge in [0.25, 0.3) is 0 Å². The van der Waals surface area contributed by atoms with E-state index in [1.807, 2.05) is 41.3 Å². The van der Waals surface area contributed by atoms with E-state index in [0.29, 0.717) is 18.9 Å². The molecule has 1 fully saturated rings. The molecule has 132 valence electrons. The number of hydrogen-bond acceptors (Lipinski definition) is 2. The summed E-state index contributed by atoms with van der Waals surface area (Å²) < 4.78 is 5.88. The Bertz CT molecular complexity index is 642. The molecule has 3 nitrogen and oxygen atoms in total. The molecule has 1 aliphatic heterocycles. The van der Waals surface area contributed by atoms with E-state index >= 15 is 0 Å². The highest BCUT2D eigenvalue weighted by Crippen LogP contribution is 2.19. The van der Waals surface area contributed by atoms with Gasteiger partial charge in [-0.1, -0.05) is 60.7 Å². The SMILES string of the molecule is O=C(CCc1ccccc1)N1CCCC(COCc2ccccc2)C1. The van der Waals surface area contributed by atoms with E-state index in [2.05, 4.69) is 24.3 Å². The zero-order chi connectivity index (χ0) is 17.3. The minimum atomic E-state index is 0.275. The average molecular weight is 337 g/mol. The van der Waals surface area contributed by atoms with Gasteiger partial charge in [-0.15, -0.1) is 0 Å². The van der Waals surface area contributed by atoms with Gasteiger partial charge in [0.1, 0.15) is 0 Å². The first kappa shape index (κ1) is 17.7. The van der Waals surface area contributed by atoms with Crippen molar-refractivity contribution in [3.63, 3.8) is 0 Å². The number of benzene rings is 2. The average Bonchev–Trinajstić information content (AvgIpc) is 2.68. The number of hydrogen-bond donors (Lipinski definition) is 0. The van der Waals surface area contributed by atoms with Crippen molar-refractivity contribution in [1.29, 1.82) is 0 Å². The first-order valence-electron chi connectivity index (χ1n) is 9.24. The maximum absolute atomic E-state index is 12.5. The molecule has 1 saturated heterocycles. The van der Waals surface area contributed by atoms with Crippen molar-refractivity contribution in [3.05, 3.63) is 71.8 Å². The Morgan fingerprint density at radius 2 is 1.68 bits per heavy atom. The van der Waals surface area contributed by atoms with Crippen LogP contribution in [0.3, 0.4) is 0 Å². The highest BCUT2D eigenvalue weighted by Gasteiger charge is 2.23. The fourth-order valence-corrected chi connectivity index (χ4v) is 3.40. The quantitative estimate of drug-likeness (QED) is 0.762. The van der Waals surface area contributed by atoms with E-state index in [4.69, 9.17) is 4.74 Å². The molecule has 2 aromatic rings. The third kappa shape index (κ3) is 5.71. The van der Waals surface area contributed by atoms with Crippen LogP contribution in [0.25, 0.3) is 0 Å². The fourth-order valence-electron chi connectivity index (χ4n) is 3.40. The Hall–Kier alpha value is -2.13. The van der Waals surface area contributed by atoms with Gasteiger partial charge in [-0.2, -0.15) is 0 Å². The molecule has 1 atom stereocenters. The summed E-state index contributed by atoms with van der Waals surface area (Å²) in [6.45, 7) is 3.11. The molecule has 3 heteroatoms. The molecule has 1 aliphatic rings. The highest BCUT2D eigenvalue weighted by atomic mass is 16.5. The normalized spacial score (nSPS) is 17.4. The molecular formula is C22H27NO2. The van der Waals surface area contributed by atoms with Crippen LogP contribution in [-0.4, -0.2) is 30.5 Å². The van der Waals surface area contributed by atoms with Gasteiger partial charge in [-0.05, 0) is 36.3 Å². The van der Waals surface area contributed by atoms with Crippen LogP contribution < -0.4 is 0 Å². The Morgan fingerprint density at radius 1 is 1.00 bits per heavy atom. The van der Waals surface area contributed by atoms with Crippen molar-refractivity contribution in [3.8, 4) is 0 Å². The molecule has 25 heavy (non-hydrogen) atoms. The molecule has 0 aliphatic carbocycles. The van der Waals surface area contributed by atoms with Gasteiger partial charge >= 0.3 is 0 Å². The van der Waals surface area contributed by atoms with Gasteiger partial charge in [0.2, 0.25) is 5.91 Å². The molecule has 0 aromatic heterocycles. The van der Waals surface area contributed by atoms with Crippen molar-refractivity contribution in [1.82, 2.24) is 4.90 Å². The number of rotatable bonds is 7. The lowest BCUT2D eigenvalue weighted by Gasteiger charge is -2.32. The summed E-state index contributed by atoms with van der Waals surface area (Å²) in [5, 5.41) is 0. The summed E-state index contributed by atoms with van der Waals surface area (Å²) in [6.07, 6.45) is 3.65. The van der Waals surface area contributed by atoms with Crippen LogP contribution in [0.4, 0.5) is 0 Å². The van der Waals surface area contributed by atoms with E-state index < -0.39 is 0 Å². The highest BCUT2D eigenvalue weighted by molar-refractivity contribution is 5.76. The lowest BCUT2D eigenvalue weighted by molar-refractivity contribution is -0.133. The van der Waals surface area contributed by atoms with Gasteiger partial charge in [-0.25, -0.2) is 0 Å². The van der Waals surface area contributed by atoms with Crippen LogP contribution in [0, 0.1) is 5.92 Å². The second kappa shape index (κ2) is 9.38. The second-order valence-electron chi connectivity index (χ2n) is 6.83. The Balaban J connectivity index is 1.40. The Labute approximate surface area is 150 Å². The standard InChI is InChI=1S/C22H27NO2/c24-22(14-13-19-8-3-1-4-9-19)23-15-7-12-21(16-23)18-25-17-20-10-5-2-6-11-20/h1-6,8-11,21H,7,12-18H2. The van der Waals surface area contributed by atoms with Crippen molar-refractivity contribution in [2.75, 3.05) is 19.7 Å². The first-order chi connectivity index (χ1) is 12.3. The molecule has 1 amide bonds. The molecule has 0 saturated carbocycles. The van der Waals surface area contributed by atoms with Crippen molar-refractivity contribution < 1.29 is 9.53 Å². The first-order valence-corrected chi connectivity index (χ1v) is 9.24. The molecular weight excluding hydrogens is 310 g/mol. The molecule has 3 rings (SSSR count). The van der Waals surface area contributed by atoms with Gasteiger partial charge in [0.15, 0.2) is 0 Å². The third-order valence-corrected chi connectivity index (χ3v) is 4.81. The van der Waals surface area contributed by atoms with Crippen LogP contribution in [-0.2, 0) is 22.6 Å². The third-order valence-electron chi connectivity index (χ3n) is 4.81. The lowest BCUT2D eigenvalue weighted by atomic mass is 9.98. The van der Waals surface area contributed by atoms with E-state index in [1.165, 1.54) is 11.1 Å². The molecule has 2 aromatic carbocycles. The summed E-state index contributed by atoms with van der Waals surface area (Å²) in [6, 6.07) is 20.5. The van der Waals surface area contributed by atoms with E-state index in [1.54, 1.807) is 0 Å². The molecule has 0 bridgehead atoms. The van der Waals surface area contributed by atoms with E-state index in [-0.39, 0.29) is 5.91 Å². The molecule has 1 unspecified atom stereocenters. The van der Waals surface area contributed by atoms with Gasteiger partial charge in [-0.3, -0.25) is 4.79 Å². The maximum atomic E-state index is 12.5. The van der Waals surface area contributed by atoms with E-state index in [0.717, 1.165) is 39.0 Å². The molecule has 0 N–H and O–H groups in total. The fraction of sp³-hybridized carbons (Fsp3) is 0.409. The van der Waals surface area contributed by atoms with Crippen molar-refractivity contribution >= 4 is 5.91 Å². The topological polar surface area (TPSA) is 29.5 Å². The van der Waals surface area contributed by atoms with Gasteiger partial charge in [0, 0.05) is 19.5 Å². The number of piperidine rings is 1. The predicted octanol–water partition coefficient (Wildman–Crippen LogP) is 4.07. The van der Waals surface area contributed by atoms with Crippen LogP contribution in [0.15, 0.2) is 60.7 Å². The maximum Gasteiger partial charge on any atom is 0.222 e. The number of ether oxygens (including phenoxy) is 1. The van der Waals surface area contributed by atoms with E-state index in [9.17, 15) is 4.79 Å². The van der Waals surface area contributed by atoms with Crippen molar-refractivity contribution in [2.24, 2.45) is 5.92 Å². The number of carbonyl (C=O) groups excluding carboxylic acids is 1. The monoisotopic (exact) mass is 337 g/mol. The summed E-state index contributed by atoms with van der Waals surface area (Å²) in [7, 11) is 0. The van der Waals surface area contributed by atoms with Gasteiger partial charge in [0.05, 0.1) is 13.2 Å². The molecule has 0 spiro atoms. The van der Waals surface area contributed by atoms with Gasteiger partial charge < -0.3 is 9.64 Å². The number of carbonyl (C=O) groups is 1. The molecule has 0 radical (unpaired) electrons. The van der Waals surface area contributed by atoms with Crippen molar-refractivity contribution in [2.45, 2.75) is 32.3 Å². The Morgan fingerprint density at radius 3 is 2.40 bits per heavy atom. The number of amides is 1. The van der Waals surface area contributed by atoms with Crippen LogP contribution in [0.1, 0.15) is 30.4 Å².